The molecule has 0 unspecified atom stereocenters. The van der Waals surface area contributed by atoms with Crippen LogP contribution >= 0.6 is 0 Å². The van der Waals surface area contributed by atoms with Gasteiger partial charge in [-0.3, -0.25) is 9.69 Å². The number of carbonyl (C=O) groups excluding carboxylic acids is 1. The smallest absolute Gasteiger partial charge is 0.239 e. The lowest BCUT2D eigenvalue weighted by Gasteiger charge is -2.37. The fourth-order valence-electron chi connectivity index (χ4n) is 2.48. The summed E-state index contributed by atoms with van der Waals surface area (Å²) in [5, 5.41) is 2.83. The zero-order valence-corrected chi connectivity index (χ0v) is 11.3. The van der Waals surface area contributed by atoms with Crippen LogP contribution in [0.15, 0.2) is 60.7 Å². The van der Waals surface area contributed by atoms with Crippen LogP contribution in [0.4, 0.5) is 0 Å². The number of hydrogen-bond acceptors (Lipinski definition) is 2. The Balaban J connectivity index is 1.75. The van der Waals surface area contributed by atoms with Gasteiger partial charge in [-0.1, -0.05) is 60.7 Å². The molecule has 0 saturated carbocycles. The van der Waals surface area contributed by atoms with Crippen LogP contribution in [0, 0.1) is 0 Å². The molecule has 0 spiro atoms. The summed E-state index contributed by atoms with van der Waals surface area (Å²) in [7, 11) is 0. The molecule has 1 atom stereocenters. The third-order valence-corrected chi connectivity index (χ3v) is 3.67. The van der Waals surface area contributed by atoms with Crippen LogP contribution in [0.25, 0.3) is 0 Å². The van der Waals surface area contributed by atoms with Gasteiger partial charge in [0.25, 0.3) is 0 Å². The summed E-state index contributed by atoms with van der Waals surface area (Å²) in [5.41, 5.74) is 2.48. The summed E-state index contributed by atoms with van der Waals surface area (Å²) in [6.45, 7) is 2.35. The van der Waals surface area contributed by atoms with Crippen molar-refractivity contribution in [3.63, 3.8) is 0 Å². The maximum Gasteiger partial charge on any atom is 0.239 e. The topological polar surface area (TPSA) is 32.3 Å². The minimum Gasteiger partial charge on any atom is -0.353 e. The largest absolute Gasteiger partial charge is 0.353 e. The summed E-state index contributed by atoms with van der Waals surface area (Å²) in [6.07, 6.45) is 0. The monoisotopic (exact) mass is 266 g/mol. The number of hydrogen-bond donors (Lipinski definition) is 1. The van der Waals surface area contributed by atoms with Gasteiger partial charge in [0.1, 0.15) is 6.04 Å². The molecule has 3 nitrogen and oxygen atoms in total. The van der Waals surface area contributed by atoms with Gasteiger partial charge in [-0.25, -0.2) is 0 Å². The van der Waals surface area contributed by atoms with E-state index in [1.54, 1.807) is 0 Å². The van der Waals surface area contributed by atoms with E-state index in [1.165, 1.54) is 11.1 Å². The van der Waals surface area contributed by atoms with Gasteiger partial charge >= 0.3 is 0 Å². The maximum atomic E-state index is 11.7. The normalized spacial score (nSPS) is 17.6. The lowest BCUT2D eigenvalue weighted by Crippen LogP contribution is -2.61. The Labute approximate surface area is 119 Å². The molecule has 3 heteroatoms. The fourth-order valence-corrected chi connectivity index (χ4v) is 2.48. The van der Waals surface area contributed by atoms with Gasteiger partial charge in [-0.05, 0) is 11.1 Å². The highest BCUT2D eigenvalue weighted by Crippen LogP contribution is 2.16. The molecule has 1 aliphatic heterocycles. The molecule has 0 bridgehead atoms. The van der Waals surface area contributed by atoms with Crippen molar-refractivity contribution in [1.82, 2.24) is 10.2 Å². The second kappa shape index (κ2) is 5.88. The number of carbonyl (C=O) groups is 1. The van der Waals surface area contributed by atoms with E-state index in [9.17, 15) is 4.79 Å². The van der Waals surface area contributed by atoms with Gasteiger partial charge in [0.05, 0.1) is 0 Å². The quantitative estimate of drug-likeness (QED) is 0.841. The Morgan fingerprint density at radius 1 is 0.900 bits per heavy atom. The molecule has 1 amide bonds. The average Bonchev–Trinajstić information content (AvgIpc) is 2.48. The summed E-state index contributed by atoms with van der Waals surface area (Å²) in [6, 6.07) is 20.6. The van der Waals surface area contributed by atoms with Crippen molar-refractivity contribution in [2.24, 2.45) is 0 Å². The molecule has 20 heavy (non-hydrogen) atoms. The summed E-state index contributed by atoms with van der Waals surface area (Å²) in [5.74, 6) is 0.136. The van der Waals surface area contributed by atoms with E-state index in [2.05, 4.69) is 34.5 Å². The lowest BCUT2D eigenvalue weighted by atomic mass is 10.1. The Hall–Kier alpha value is -2.13. The Bertz CT molecular complexity index is 527. The molecule has 1 fully saturated rings. The van der Waals surface area contributed by atoms with Crippen molar-refractivity contribution in [2.45, 2.75) is 19.1 Å². The number of nitrogens with one attached hydrogen (secondary N) is 1. The third kappa shape index (κ3) is 2.89. The van der Waals surface area contributed by atoms with E-state index in [4.69, 9.17) is 0 Å². The highest BCUT2D eigenvalue weighted by Gasteiger charge is 2.33. The summed E-state index contributed by atoms with van der Waals surface area (Å²) in [4.78, 5) is 13.9. The van der Waals surface area contributed by atoms with Gasteiger partial charge in [0.2, 0.25) is 5.91 Å². The number of β-lactam (4-membered cyclic amide) rings is 1. The Kier molecular flexibility index (Phi) is 3.79. The first-order chi connectivity index (χ1) is 9.83. The van der Waals surface area contributed by atoms with Crippen LogP contribution in [0.5, 0.6) is 0 Å². The fraction of sp³-hybridized carbons (Fsp3) is 0.235. The zero-order chi connectivity index (χ0) is 13.8. The van der Waals surface area contributed by atoms with Gasteiger partial charge in [0.15, 0.2) is 0 Å². The summed E-state index contributed by atoms with van der Waals surface area (Å²) >= 11 is 0. The van der Waals surface area contributed by atoms with Crippen molar-refractivity contribution in [3.05, 3.63) is 71.8 Å². The number of nitrogens with zero attached hydrogens (tertiary/aromatic N) is 1. The molecule has 2 aromatic rings. The average molecular weight is 266 g/mol. The number of rotatable bonds is 5. The Morgan fingerprint density at radius 2 is 1.40 bits per heavy atom. The van der Waals surface area contributed by atoms with Crippen molar-refractivity contribution in [2.75, 3.05) is 6.54 Å². The first kappa shape index (κ1) is 12.9. The van der Waals surface area contributed by atoms with E-state index in [1.807, 2.05) is 36.4 Å². The maximum absolute atomic E-state index is 11.7. The van der Waals surface area contributed by atoms with Crippen molar-refractivity contribution in [3.8, 4) is 0 Å². The highest BCUT2D eigenvalue weighted by atomic mass is 16.2. The lowest BCUT2D eigenvalue weighted by molar-refractivity contribution is -0.133. The molecule has 3 rings (SSSR count). The molecular formula is C17H18N2O. The summed E-state index contributed by atoms with van der Waals surface area (Å²) < 4.78 is 0. The van der Waals surface area contributed by atoms with Crippen LogP contribution in [0.2, 0.25) is 0 Å². The first-order valence-electron chi connectivity index (χ1n) is 6.92. The molecule has 0 radical (unpaired) electrons. The van der Waals surface area contributed by atoms with Gasteiger partial charge in [0, 0.05) is 19.6 Å². The van der Waals surface area contributed by atoms with E-state index in [-0.39, 0.29) is 11.9 Å². The van der Waals surface area contributed by atoms with Crippen LogP contribution in [-0.2, 0) is 17.9 Å². The molecule has 102 valence electrons. The molecule has 1 aliphatic rings. The van der Waals surface area contributed by atoms with Crippen LogP contribution in [0.3, 0.4) is 0 Å². The third-order valence-electron chi connectivity index (χ3n) is 3.67. The first-order valence-corrected chi connectivity index (χ1v) is 6.92. The SMILES string of the molecule is O=C1NC[C@H]1N(Cc1ccccc1)Cc1ccccc1. The minimum atomic E-state index is -0.00425. The zero-order valence-electron chi connectivity index (χ0n) is 11.3. The van der Waals surface area contributed by atoms with Crippen LogP contribution < -0.4 is 5.32 Å². The van der Waals surface area contributed by atoms with Gasteiger partial charge in [-0.2, -0.15) is 0 Å². The second-order valence-electron chi connectivity index (χ2n) is 5.14. The van der Waals surface area contributed by atoms with Crippen LogP contribution in [0.1, 0.15) is 11.1 Å². The van der Waals surface area contributed by atoms with E-state index in [0.717, 1.165) is 19.6 Å². The van der Waals surface area contributed by atoms with Crippen molar-refractivity contribution >= 4 is 5.91 Å². The molecule has 1 saturated heterocycles. The van der Waals surface area contributed by atoms with Gasteiger partial charge < -0.3 is 5.32 Å². The van der Waals surface area contributed by atoms with Gasteiger partial charge in [-0.15, -0.1) is 0 Å². The molecule has 1 N–H and O–H groups in total. The molecule has 1 heterocycles. The second-order valence-corrected chi connectivity index (χ2v) is 5.14. The van der Waals surface area contributed by atoms with E-state index in [0.29, 0.717) is 0 Å². The molecule has 0 aliphatic carbocycles. The van der Waals surface area contributed by atoms with E-state index < -0.39 is 0 Å². The van der Waals surface area contributed by atoms with Crippen LogP contribution in [-0.4, -0.2) is 23.4 Å². The number of benzene rings is 2. The molecule has 0 aromatic heterocycles. The predicted octanol–water partition coefficient (Wildman–Crippen LogP) is 2.19. The minimum absolute atomic E-state index is 0.00425. The van der Waals surface area contributed by atoms with Crippen molar-refractivity contribution < 1.29 is 4.79 Å². The molecule has 2 aromatic carbocycles. The van der Waals surface area contributed by atoms with E-state index >= 15 is 0 Å². The standard InChI is InChI=1S/C17H18N2O/c20-17-16(11-18-17)19(12-14-7-3-1-4-8-14)13-15-9-5-2-6-10-15/h1-10,16H,11-13H2,(H,18,20)/t16-/m1/s1. The predicted molar refractivity (Wildman–Crippen MR) is 78.9 cm³/mol. The Morgan fingerprint density at radius 3 is 1.75 bits per heavy atom. The highest BCUT2D eigenvalue weighted by molar-refractivity contribution is 5.87. The number of amides is 1. The van der Waals surface area contributed by atoms with Crippen molar-refractivity contribution in [1.29, 1.82) is 0 Å². The molecular weight excluding hydrogens is 248 g/mol.